The van der Waals surface area contributed by atoms with Crippen molar-refractivity contribution in [3.05, 3.63) is 15.5 Å². The molecule has 0 saturated carbocycles. The smallest absolute Gasteiger partial charge is 0.305 e. The van der Waals surface area contributed by atoms with Crippen molar-refractivity contribution < 1.29 is 17.6 Å². The van der Waals surface area contributed by atoms with Crippen molar-refractivity contribution >= 4 is 22.9 Å². The largest absolute Gasteiger partial charge is 0.319 e. The third kappa shape index (κ3) is 3.92. The van der Waals surface area contributed by atoms with Crippen LogP contribution in [0.15, 0.2) is 6.20 Å². The Morgan fingerprint density at radius 1 is 1.53 bits per heavy atom. The minimum atomic E-state index is -4.01. The predicted molar refractivity (Wildman–Crippen MR) is 49.8 cm³/mol. The SMILES string of the molecule is FC(F)C(F)(F)CNCc1ncc(Cl)s1. The molecule has 0 fully saturated rings. The number of nitrogens with zero attached hydrogens (tertiary/aromatic N) is 1. The van der Waals surface area contributed by atoms with Crippen molar-refractivity contribution in [3.63, 3.8) is 0 Å². The number of hydrogen-bond donors (Lipinski definition) is 1. The zero-order valence-corrected chi connectivity index (χ0v) is 8.89. The molecule has 0 atom stereocenters. The molecule has 0 unspecified atom stereocenters. The van der Waals surface area contributed by atoms with Crippen molar-refractivity contribution in [2.24, 2.45) is 0 Å². The Kier molecular flexibility index (Phi) is 4.30. The first-order valence-corrected chi connectivity index (χ1v) is 5.08. The summed E-state index contributed by atoms with van der Waals surface area (Å²) in [5.41, 5.74) is 0. The van der Waals surface area contributed by atoms with Crippen molar-refractivity contribution in [2.75, 3.05) is 6.54 Å². The fraction of sp³-hybridized carbons (Fsp3) is 0.571. The van der Waals surface area contributed by atoms with E-state index >= 15 is 0 Å². The third-order valence-corrected chi connectivity index (χ3v) is 2.60. The second kappa shape index (κ2) is 5.09. The predicted octanol–water partition coefficient (Wildman–Crippen LogP) is 2.79. The van der Waals surface area contributed by atoms with E-state index in [1.54, 1.807) is 0 Å². The van der Waals surface area contributed by atoms with E-state index in [0.717, 1.165) is 11.3 Å². The number of nitrogens with one attached hydrogen (secondary N) is 1. The van der Waals surface area contributed by atoms with Gasteiger partial charge in [0.15, 0.2) is 0 Å². The second-order valence-corrected chi connectivity index (χ2v) is 4.47. The van der Waals surface area contributed by atoms with Crippen LogP contribution in [0.4, 0.5) is 17.6 Å². The van der Waals surface area contributed by atoms with E-state index in [-0.39, 0.29) is 6.54 Å². The van der Waals surface area contributed by atoms with E-state index in [0.29, 0.717) is 9.34 Å². The Morgan fingerprint density at radius 3 is 2.67 bits per heavy atom. The molecule has 15 heavy (non-hydrogen) atoms. The van der Waals surface area contributed by atoms with Gasteiger partial charge in [-0.1, -0.05) is 11.6 Å². The van der Waals surface area contributed by atoms with Crippen LogP contribution < -0.4 is 5.32 Å². The van der Waals surface area contributed by atoms with Gasteiger partial charge in [0.2, 0.25) is 0 Å². The van der Waals surface area contributed by atoms with Gasteiger partial charge in [-0.2, -0.15) is 8.78 Å². The Balaban J connectivity index is 2.33. The van der Waals surface area contributed by atoms with Gasteiger partial charge in [0.05, 0.1) is 12.7 Å². The molecule has 0 aliphatic rings. The number of alkyl halides is 4. The van der Waals surface area contributed by atoms with Crippen LogP contribution in [-0.2, 0) is 6.54 Å². The Labute approximate surface area is 92.3 Å². The van der Waals surface area contributed by atoms with Crippen LogP contribution in [-0.4, -0.2) is 23.9 Å². The molecule has 0 aromatic carbocycles. The summed E-state index contributed by atoms with van der Waals surface area (Å²) in [6, 6.07) is 0. The molecule has 1 aromatic heterocycles. The van der Waals surface area contributed by atoms with Crippen LogP contribution in [0, 0.1) is 0 Å². The minimum Gasteiger partial charge on any atom is -0.305 e. The monoisotopic (exact) mass is 262 g/mol. The number of rotatable bonds is 5. The van der Waals surface area contributed by atoms with Crippen LogP contribution in [0.5, 0.6) is 0 Å². The van der Waals surface area contributed by atoms with Gasteiger partial charge in [0.1, 0.15) is 9.34 Å². The lowest BCUT2D eigenvalue weighted by molar-refractivity contribution is -0.125. The van der Waals surface area contributed by atoms with Crippen LogP contribution in [0.2, 0.25) is 4.34 Å². The molecule has 1 aromatic rings. The van der Waals surface area contributed by atoms with Crippen molar-refractivity contribution in [3.8, 4) is 0 Å². The molecule has 86 valence electrons. The minimum absolute atomic E-state index is 0.000301. The van der Waals surface area contributed by atoms with Crippen LogP contribution in [0.1, 0.15) is 5.01 Å². The van der Waals surface area contributed by atoms with Gasteiger partial charge in [-0.05, 0) is 0 Å². The quantitative estimate of drug-likeness (QED) is 0.826. The van der Waals surface area contributed by atoms with Gasteiger partial charge in [-0.3, -0.25) is 0 Å². The topological polar surface area (TPSA) is 24.9 Å². The first kappa shape index (κ1) is 12.7. The lowest BCUT2D eigenvalue weighted by Crippen LogP contribution is -2.38. The molecule has 8 heteroatoms. The van der Waals surface area contributed by atoms with Crippen molar-refractivity contribution in [1.82, 2.24) is 10.3 Å². The molecule has 0 amide bonds. The lowest BCUT2D eigenvalue weighted by Gasteiger charge is -2.14. The first-order chi connectivity index (χ1) is 6.92. The molecule has 0 saturated heterocycles. The summed E-state index contributed by atoms with van der Waals surface area (Å²) in [4.78, 5) is 3.77. The van der Waals surface area contributed by atoms with E-state index in [1.165, 1.54) is 6.20 Å². The van der Waals surface area contributed by atoms with Gasteiger partial charge in [-0.25, -0.2) is 13.8 Å². The molecular formula is C7H7ClF4N2S. The van der Waals surface area contributed by atoms with Gasteiger partial charge in [0.25, 0.3) is 0 Å². The average molecular weight is 263 g/mol. The number of hydrogen-bond acceptors (Lipinski definition) is 3. The Morgan fingerprint density at radius 2 is 2.20 bits per heavy atom. The fourth-order valence-electron chi connectivity index (χ4n) is 0.783. The van der Waals surface area contributed by atoms with E-state index in [9.17, 15) is 17.6 Å². The fourth-order valence-corrected chi connectivity index (χ4v) is 1.71. The molecule has 0 aliphatic carbocycles. The number of aromatic nitrogens is 1. The number of halogens is 5. The Bertz CT molecular complexity index is 318. The lowest BCUT2D eigenvalue weighted by atomic mass is 10.3. The summed E-state index contributed by atoms with van der Waals surface area (Å²) in [7, 11) is 0. The summed E-state index contributed by atoms with van der Waals surface area (Å²) in [5, 5.41) is 2.67. The normalized spacial score (nSPS) is 12.4. The summed E-state index contributed by atoms with van der Waals surface area (Å²) < 4.78 is 48.7. The van der Waals surface area contributed by atoms with E-state index in [2.05, 4.69) is 10.3 Å². The van der Waals surface area contributed by atoms with Crippen LogP contribution >= 0.6 is 22.9 Å². The molecule has 0 spiro atoms. The highest BCUT2D eigenvalue weighted by atomic mass is 35.5. The van der Waals surface area contributed by atoms with Crippen LogP contribution in [0.25, 0.3) is 0 Å². The van der Waals surface area contributed by atoms with Gasteiger partial charge < -0.3 is 5.32 Å². The molecule has 2 nitrogen and oxygen atoms in total. The van der Waals surface area contributed by atoms with Crippen molar-refractivity contribution in [2.45, 2.75) is 18.9 Å². The van der Waals surface area contributed by atoms with Gasteiger partial charge in [-0.15, -0.1) is 11.3 Å². The zero-order chi connectivity index (χ0) is 11.5. The summed E-state index contributed by atoms with van der Waals surface area (Å²) >= 11 is 6.65. The van der Waals surface area contributed by atoms with E-state index in [4.69, 9.17) is 11.6 Å². The van der Waals surface area contributed by atoms with Crippen molar-refractivity contribution in [1.29, 1.82) is 0 Å². The zero-order valence-electron chi connectivity index (χ0n) is 7.31. The summed E-state index contributed by atoms with van der Waals surface area (Å²) in [6.45, 7) is -1.08. The highest BCUT2D eigenvalue weighted by Gasteiger charge is 2.39. The standard InChI is InChI=1S/C7H7ClF4N2S/c8-4-1-14-5(15-4)2-13-3-7(11,12)6(9)10/h1,6,13H,2-3H2. The Hall–Kier alpha value is -0.400. The molecule has 0 bridgehead atoms. The maximum atomic E-state index is 12.4. The average Bonchev–Trinajstić information content (AvgIpc) is 2.51. The number of thiazole rings is 1. The maximum absolute atomic E-state index is 12.4. The molecule has 0 aliphatic heterocycles. The molecule has 1 N–H and O–H groups in total. The molecule has 1 heterocycles. The third-order valence-electron chi connectivity index (χ3n) is 1.48. The van der Waals surface area contributed by atoms with Crippen LogP contribution in [0.3, 0.4) is 0 Å². The van der Waals surface area contributed by atoms with Gasteiger partial charge in [0, 0.05) is 6.54 Å². The maximum Gasteiger partial charge on any atom is 0.319 e. The summed E-state index contributed by atoms with van der Waals surface area (Å²) in [6.07, 6.45) is -2.29. The first-order valence-electron chi connectivity index (χ1n) is 3.89. The second-order valence-electron chi connectivity index (χ2n) is 2.72. The van der Waals surface area contributed by atoms with Gasteiger partial charge >= 0.3 is 12.3 Å². The summed E-state index contributed by atoms with van der Waals surface area (Å²) in [5.74, 6) is -4.01. The molecular weight excluding hydrogens is 256 g/mol. The van der Waals surface area contributed by atoms with E-state index in [1.807, 2.05) is 0 Å². The highest BCUT2D eigenvalue weighted by Crippen LogP contribution is 2.22. The highest BCUT2D eigenvalue weighted by molar-refractivity contribution is 7.15. The molecule has 1 rings (SSSR count). The van der Waals surface area contributed by atoms with E-state index < -0.39 is 18.9 Å². The molecule has 0 radical (unpaired) electrons.